The zero-order chi connectivity index (χ0) is 23.6. The zero-order valence-corrected chi connectivity index (χ0v) is 20.6. The first-order chi connectivity index (χ1) is 15.8. The molecule has 0 aromatic carbocycles. The molecule has 2 saturated carbocycles. The topological polar surface area (TPSA) is 66.9 Å². The van der Waals surface area contributed by atoms with Crippen molar-refractivity contribution < 1.29 is 23.7 Å². The van der Waals surface area contributed by atoms with Crippen molar-refractivity contribution in [2.75, 3.05) is 20.3 Å². The van der Waals surface area contributed by atoms with E-state index in [2.05, 4.69) is 32.3 Å². The molecule has 1 aliphatic heterocycles. The van der Waals surface area contributed by atoms with Gasteiger partial charge in [-0.1, -0.05) is 39.3 Å². The Morgan fingerprint density at radius 3 is 2.76 bits per heavy atom. The lowest BCUT2D eigenvalue weighted by Gasteiger charge is -2.62. The summed E-state index contributed by atoms with van der Waals surface area (Å²) < 4.78 is 23.4. The number of esters is 1. The lowest BCUT2D eigenvalue weighted by Crippen LogP contribution is -2.61. The summed E-state index contributed by atoms with van der Waals surface area (Å²) in [5, 5.41) is 0. The van der Waals surface area contributed by atoms with Crippen molar-refractivity contribution in [1.82, 2.24) is 4.98 Å². The quantitative estimate of drug-likeness (QED) is 0.394. The van der Waals surface area contributed by atoms with E-state index < -0.39 is 5.97 Å². The fourth-order valence-electron chi connectivity index (χ4n) is 6.79. The first-order valence-electron chi connectivity index (χ1n) is 12.4. The number of carbonyl (C=O) groups excluding carboxylic acids is 1. The Bertz CT molecular complexity index is 855. The van der Waals surface area contributed by atoms with Gasteiger partial charge in [0.05, 0.1) is 32.6 Å². The van der Waals surface area contributed by atoms with Gasteiger partial charge in [0.2, 0.25) is 0 Å². The third kappa shape index (κ3) is 4.57. The van der Waals surface area contributed by atoms with E-state index in [4.69, 9.17) is 18.9 Å². The van der Waals surface area contributed by atoms with Crippen LogP contribution in [0.4, 0.5) is 0 Å². The van der Waals surface area contributed by atoms with E-state index in [0.29, 0.717) is 24.2 Å². The van der Waals surface area contributed by atoms with E-state index >= 15 is 0 Å². The third-order valence-corrected chi connectivity index (χ3v) is 8.54. The van der Waals surface area contributed by atoms with Gasteiger partial charge < -0.3 is 18.9 Å². The second kappa shape index (κ2) is 9.75. The zero-order valence-electron chi connectivity index (χ0n) is 20.6. The van der Waals surface area contributed by atoms with E-state index in [-0.39, 0.29) is 28.9 Å². The summed E-state index contributed by atoms with van der Waals surface area (Å²) in [5.41, 5.74) is 1.84. The fourth-order valence-corrected chi connectivity index (χ4v) is 6.79. The molecule has 0 amide bonds. The maximum Gasteiger partial charge on any atom is 0.356 e. The lowest BCUT2D eigenvalue weighted by molar-refractivity contribution is -0.304. The van der Waals surface area contributed by atoms with Crippen molar-refractivity contribution in [3.8, 4) is 5.75 Å². The molecule has 4 rings (SSSR count). The molecule has 6 nitrogen and oxygen atoms in total. The Morgan fingerprint density at radius 1 is 1.24 bits per heavy atom. The Kier molecular flexibility index (Phi) is 7.15. The van der Waals surface area contributed by atoms with Crippen molar-refractivity contribution in [2.24, 2.45) is 22.7 Å². The fraction of sp³-hybridized carbons (Fsp3) is 0.704. The van der Waals surface area contributed by atoms with Crippen molar-refractivity contribution in [3.05, 3.63) is 36.2 Å². The van der Waals surface area contributed by atoms with Crippen LogP contribution < -0.4 is 4.74 Å². The maximum absolute atomic E-state index is 11.6. The van der Waals surface area contributed by atoms with Gasteiger partial charge in [-0.2, -0.15) is 0 Å². The van der Waals surface area contributed by atoms with Crippen molar-refractivity contribution in [3.63, 3.8) is 0 Å². The van der Waals surface area contributed by atoms with Gasteiger partial charge >= 0.3 is 5.97 Å². The number of ether oxygens (including phenoxy) is 4. The van der Waals surface area contributed by atoms with E-state index in [1.54, 1.807) is 18.3 Å². The van der Waals surface area contributed by atoms with Crippen molar-refractivity contribution >= 4 is 5.97 Å². The Morgan fingerprint density at radius 2 is 2.06 bits per heavy atom. The van der Waals surface area contributed by atoms with Crippen molar-refractivity contribution in [1.29, 1.82) is 0 Å². The highest BCUT2D eigenvalue weighted by Gasteiger charge is 2.60. The minimum atomic E-state index is -0.445. The van der Waals surface area contributed by atoms with Crippen LogP contribution in [0.1, 0.15) is 76.2 Å². The molecule has 0 radical (unpaired) electrons. The molecule has 2 heterocycles. The predicted octanol–water partition coefficient (Wildman–Crippen LogP) is 5.57. The number of carbonyl (C=O) groups is 1. The standard InChI is InChI=1S/C27H39NO5/c1-6-7-24-32-17-27(4)22-11-8-18(2)20(26(22,3)14-12-23(27)33-24)13-15-31-19-9-10-21(28-16-19)25(29)30-5/h9-10,16,20,22-24H,2,6-8,11-15,17H2,1,3-5H3/t20-,22?,23-,24-,26+,27+/m1/s1. The molecular formula is C27H39NO5. The number of rotatable bonds is 7. The number of nitrogens with zero attached hydrogens (tertiary/aromatic N) is 1. The molecule has 1 aromatic heterocycles. The summed E-state index contributed by atoms with van der Waals surface area (Å²) >= 11 is 0. The minimum absolute atomic E-state index is 0.0423. The van der Waals surface area contributed by atoms with Gasteiger partial charge in [-0.25, -0.2) is 9.78 Å². The molecule has 0 spiro atoms. The van der Waals surface area contributed by atoms with Gasteiger partial charge in [0.15, 0.2) is 6.29 Å². The second-order valence-corrected chi connectivity index (χ2v) is 10.5. The number of pyridine rings is 1. The second-order valence-electron chi connectivity index (χ2n) is 10.5. The van der Waals surface area contributed by atoms with Gasteiger partial charge in [0.1, 0.15) is 11.4 Å². The van der Waals surface area contributed by atoms with Crippen molar-refractivity contribution in [2.45, 2.75) is 78.1 Å². The Balaban J connectivity index is 1.42. The molecule has 6 atom stereocenters. The molecule has 1 saturated heterocycles. The van der Waals surface area contributed by atoms with E-state index in [1.807, 2.05) is 0 Å². The van der Waals surface area contributed by atoms with Crippen LogP contribution in [0.15, 0.2) is 30.5 Å². The largest absolute Gasteiger partial charge is 0.492 e. The van der Waals surface area contributed by atoms with Crippen LogP contribution in [-0.2, 0) is 14.2 Å². The highest BCUT2D eigenvalue weighted by atomic mass is 16.7. The van der Waals surface area contributed by atoms with Gasteiger partial charge in [-0.15, -0.1) is 0 Å². The number of fused-ring (bicyclic) bond motifs is 3. The molecule has 1 aromatic rings. The van der Waals surface area contributed by atoms with Crippen LogP contribution in [0, 0.1) is 22.7 Å². The smallest absolute Gasteiger partial charge is 0.356 e. The summed E-state index contributed by atoms with van der Waals surface area (Å²) in [6, 6.07) is 3.41. The number of aromatic nitrogens is 1. The maximum atomic E-state index is 11.6. The minimum Gasteiger partial charge on any atom is -0.492 e. The molecule has 2 aliphatic carbocycles. The highest BCUT2D eigenvalue weighted by Crippen LogP contribution is 2.63. The molecule has 1 unspecified atom stereocenters. The van der Waals surface area contributed by atoms with Crippen LogP contribution in [0.5, 0.6) is 5.75 Å². The lowest BCUT2D eigenvalue weighted by atomic mass is 9.46. The summed E-state index contributed by atoms with van der Waals surface area (Å²) in [6.45, 7) is 12.9. The monoisotopic (exact) mass is 457 g/mol. The summed E-state index contributed by atoms with van der Waals surface area (Å²) in [4.78, 5) is 15.7. The average Bonchev–Trinajstić information content (AvgIpc) is 2.81. The van der Waals surface area contributed by atoms with Crippen LogP contribution in [-0.4, -0.2) is 43.7 Å². The molecule has 0 bridgehead atoms. The Labute approximate surface area is 198 Å². The predicted molar refractivity (Wildman–Crippen MR) is 126 cm³/mol. The van der Waals surface area contributed by atoms with Gasteiger partial charge in [0.25, 0.3) is 0 Å². The molecule has 0 N–H and O–H groups in total. The van der Waals surface area contributed by atoms with Gasteiger partial charge in [-0.3, -0.25) is 0 Å². The van der Waals surface area contributed by atoms with Gasteiger partial charge in [-0.05, 0) is 67.9 Å². The molecule has 3 fully saturated rings. The molecule has 3 aliphatic rings. The molecule has 182 valence electrons. The van der Waals surface area contributed by atoms with E-state index in [0.717, 1.165) is 51.6 Å². The van der Waals surface area contributed by atoms with Crippen LogP contribution in [0.2, 0.25) is 0 Å². The number of allylic oxidation sites excluding steroid dienone is 1. The van der Waals surface area contributed by atoms with Crippen LogP contribution >= 0.6 is 0 Å². The normalized spacial score (nSPS) is 35.9. The third-order valence-electron chi connectivity index (χ3n) is 8.54. The number of methoxy groups -OCH3 is 1. The average molecular weight is 458 g/mol. The molecular weight excluding hydrogens is 418 g/mol. The first kappa shape index (κ1) is 24.2. The number of hydrogen-bond donors (Lipinski definition) is 0. The van der Waals surface area contributed by atoms with E-state index in [1.165, 1.54) is 12.7 Å². The molecule has 33 heavy (non-hydrogen) atoms. The summed E-state index contributed by atoms with van der Waals surface area (Å²) in [5.74, 6) is 1.17. The van der Waals surface area contributed by atoms with Gasteiger partial charge in [0, 0.05) is 5.41 Å². The van der Waals surface area contributed by atoms with E-state index in [9.17, 15) is 4.79 Å². The first-order valence-corrected chi connectivity index (χ1v) is 12.4. The SMILES string of the molecule is C=C1CCC2[C@]3(C)CO[C@@H](CCC)O[C@@H]3CC[C@@]2(C)[C@@H]1CCOc1ccc(C(=O)OC)nc1. The number of hydrogen-bond acceptors (Lipinski definition) is 6. The highest BCUT2D eigenvalue weighted by molar-refractivity contribution is 5.87. The molecule has 6 heteroatoms. The Hall–Kier alpha value is -1.92. The van der Waals surface area contributed by atoms with Crippen LogP contribution in [0.25, 0.3) is 0 Å². The summed E-state index contributed by atoms with van der Waals surface area (Å²) in [7, 11) is 1.35. The van der Waals surface area contributed by atoms with Crippen LogP contribution in [0.3, 0.4) is 0 Å². The summed E-state index contributed by atoms with van der Waals surface area (Å²) in [6.07, 6.45) is 9.24.